The average molecular weight is 613 g/mol. The quantitative estimate of drug-likeness (QED) is 0.345. The molecule has 0 saturated carbocycles. The van der Waals surface area contributed by atoms with Gasteiger partial charge in [0.25, 0.3) is 15.9 Å². The van der Waals surface area contributed by atoms with E-state index in [1.165, 1.54) is 6.07 Å². The van der Waals surface area contributed by atoms with Crippen LogP contribution >= 0.6 is 34.5 Å². The summed E-state index contributed by atoms with van der Waals surface area (Å²) in [4.78, 5) is 17.3. The smallest absolute Gasteiger partial charge is 0.271 e. The fourth-order valence-electron chi connectivity index (χ4n) is 4.47. The predicted octanol–water partition coefficient (Wildman–Crippen LogP) is 5.21. The molecule has 0 unspecified atom stereocenters. The molecule has 12 heteroatoms. The normalized spacial score (nSPS) is 18.7. The van der Waals surface area contributed by atoms with Gasteiger partial charge in [-0.15, -0.1) is 11.3 Å². The Morgan fingerprint density at radius 3 is 2.64 bits per heavy atom. The maximum absolute atomic E-state index is 13.6. The van der Waals surface area contributed by atoms with Gasteiger partial charge in [0.2, 0.25) is 0 Å². The Hall–Kier alpha value is -2.34. The summed E-state index contributed by atoms with van der Waals surface area (Å²) in [5.41, 5.74) is 1.38. The molecule has 210 valence electrons. The van der Waals surface area contributed by atoms with Crippen molar-refractivity contribution >= 4 is 56.2 Å². The second-order valence-corrected chi connectivity index (χ2v) is 13.5. The fraction of sp³-hybridized carbons (Fsp3) is 0.370. The number of carbonyl (C=O) groups excluding carboxylic acids is 1. The third-order valence-corrected chi connectivity index (χ3v) is 10.1. The molecule has 1 amide bonds. The Bertz CT molecular complexity index is 1420. The average Bonchev–Trinajstić information content (AvgIpc) is 3.44. The number of para-hydroxylation sites is 1. The van der Waals surface area contributed by atoms with Gasteiger partial charge < -0.3 is 14.7 Å². The Kier molecular flexibility index (Phi) is 9.46. The number of rotatable bonds is 9. The minimum absolute atomic E-state index is 0.144. The summed E-state index contributed by atoms with van der Waals surface area (Å²) in [5, 5.41) is 12.5. The van der Waals surface area contributed by atoms with Gasteiger partial charge in [0.1, 0.15) is 10.3 Å². The van der Waals surface area contributed by atoms with Gasteiger partial charge in [0.05, 0.1) is 33.9 Å². The van der Waals surface area contributed by atoms with Crippen LogP contribution in [0.3, 0.4) is 0 Å². The molecule has 0 spiro atoms. The Morgan fingerprint density at radius 2 is 1.97 bits per heavy atom. The van der Waals surface area contributed by atoms with Crippen LogP contribution in [0.1, 0.15) is 29.8 Å². The summed E-state index contributed by atoms with van der Waals surface area (Å²) < 4.78 is 35.4. The number of thiophene rings is 1. The number of fused-ring (bicyclic) bond motifs is 1. The first kappa shape index (κ1) is 29.6. The second kappa shape index (κ2) is 12.4. The highest BCUT2D eigenvalue weighted by Crippen LogP contribution is 2.36. The number of anilines is 1. The van der Waals surface area contributed by atoms with E-state index in [2.05, 4.69) is 9.62 Å². The molecule has 2 aromatic carbocycles. The van der Waals surface area contributed by atoms with Crippen molar-refractivity contribution in [3.63, 3.8) is 0 Å². The Labute approximate surface area is 243 Å². The standard InChI is InChI=1S/C27H31Cl2N3O5S2/c1-17-13-32(18(2)16-33)27(34)20-6-4-7-23(30-39(35,36)25-8-5-11-38-25)26(20)37-24(17)15-31(3)14-19-9-10-21(28)22(29)12-19/h4-12,17-18,24,30,33H,13-16H2,1-3H3/t17-,18+,24-/m1/s1. The van der Waals surface area contributed by atoms with Crippen LogP contribution in [0.4, 0.5) is 5.69 Å². The number of aliphatic hydroxyl groups excluding tert-OH is 1. The largest absolute Gasteiger partial charge is 0.486 e. The van der Waals surface area contributed by atoms with Crippen LogP contribution < -0.4 is 9.46 Å². The summed E-state index contributed by atoms with van der Waals surface area (Å²) in [7, 11) is -1.94. The topological polar surface area (TPSA) is 99.2 Å². The molecule has 1 aliphatic rings. The van der Waals surface area contributed by atoms with Crippen molar-refractivity contribution in [2.75, 3.05) is 31.5 Å². The molecule has 0 saturated heterocycles. The van der Waals surface area contributed by atoms with Gasteiger partial charge in [0, 0.05) is 25.6 Å². The zero-order chi connectivity index (χ0) is 28.3. The van der Waals surface area contributed by atoms with Gasteiger partial charge in [-0.3, -0.25) is 14.4 Å². The highest BCUT2D eigenvalue weighted by Gasteiger charge is 2.35. The van der Waals surface area contributed by atoms with Crippen molar-refractivity contribution < 1.29 is 23.1 Å². The van der Waals surface area contributed by atoms with Crippen molar-refractivity contribution in [3.8, 4) is 5.75 Å². The second-order valence-electron chi connectivity index (χ2n) is 9.79. The maximum Gasteiger partial charge on any atom is 0.271 e. The lowest BCUT2D eigenvalue weighted by Gasteiger charge is -2.38. The number of hydrogen-bond donors (Lipinski definition) is 2. The molecular formula is C27H31Cl2N3O5S2. The molecule has 0 bridgehead atoms. The highest BCUT2D eigenvalue weighted by atomic mass is 35.5. The van der Waals surface area contributed by atoms with E-state index in [9.17, 15) is 18.3 Å². The molecule has 3 atom stereocenters. The number of aliphatic hydroxyl groups is 1. The number of amides is 1. The van der Waals surface area contributed by atoms with Gasteiger partial charge in [-0.2, -0.15) is 0 Å². The molecular weight excluding hydrogens is 581 g/mol. The zero-order valence-corrected chi connectivity index (χ0v) is 24.9. The minimum atomic E-state index is -3.89. The van der Waals surface area contributed by atoms with Gasteiger partial charge in [-0.25, -0.2) is 8.42 Å². The van der Waals surface area contributed by atoms with Crippen LogP contribution in [-0.4, -0.2) is 68.1 Å². The number of halogens is 2. The number of nitrogens with one attached hydrogen (secondary N) is 1. The monoisotopic (exact) mass is 611 g/mol. The van der Waals surface area contributed by atoms with Crippen LogP contribution in [0.25, 0.3) is 0 Å². The number of nitrogens with zero attached hydrogens (tertiary/aromatic N) is 2. The van der Waals surface area contributed by atoms with Crippen molar-refractivity contribution in [3.05, 3.63) is 75.1 Å². The number of benzene rings is 2. The molecule has 4 rings (SSSR count). The number of sulfonamides is 1. The van der Waals surface area contributed by atoms with Crippen LogP contribution in [-0.2, 0) is 16.6 Å². The van der Waals surface area contributed by atoms with E-state index < -0.39 is 22.2 Å². The molecule has 8 nitrogen and oxygen atoms in total. The molecule has 0 fully saturated rings. The SMILES string of the molecule is C[C@@H]1CN([C@@H](C)CO)C(=O)c2cccc(NS(=O)(=O)c3cccs3)c2O[C@@H]1CN(C)Cc1ccc(Cl)c(Cl)c1. The fourth-order valence-corrected chi connectivity index (χ4v) is 6.85. The van der Waals surface area contributed by atoms with E-state index in [-0.39, 0.29) is 39.6 Å². The number of carbonyl (C=O) groups is 1. The van der Waals surface area contributed by atoms with Crippen molar-refractivity contribution in [2.24, 2.45) is 5.92 Å². The maximum atomic E-state index is 13.6. The third-order valence-electron chi connectivity index (χ3n) is 6.62. The molecule has 0 aliphatic carbocycles. The summed E-state index contributed by atoms with van der Waals surface area (Å²) in [6.07, 6.45) is -0.412. The summed E-state index contributed by atoms with van der Waals surface area (Å²) in [6, 6.07) is 13.0. The molecule has 0 radical (unpaired) electrons. The first-order valence-electron chi connectivity index (χ1n) is 12.4. The minimum Gasteiger partial charge on any atom is -0.486 e. The lowest BCUT2D eigenvalue weighted by atomic mass is 9.99. The molecule has 1 aliphatic heterocycles. The number of likely N-dealkylation sites (N-methyl/N-ethyl adjacent to an activating group) is 1. The van der Waals surface area contributed by atoms with Crippen LogP contribution in [0.5, 0.6) is 5.75 Å². The van der Waals surface area contributed by atoms with E-state index in [0.717, 1.165) is 16.9 Å². The van der Waals surface area contributed by atoms with Crippen LogP contribution in [0.2, 0.25) is 10.0 Å². The lowest BCUT2D eigenvalue weighted by molar-refractivity contribution is 0.0344. The van der Waals surface area contributed by atoms with E-state index in [4.69, 9.17) is 27.9 Å². The first-order valence-corrected chi connectivity index (χ1v) is 15.5. The van der Waals surface area contributed by atoms with E-state index >= 15 is 0 Å². The molecule has 2 heterocycles. The van der Waals surface area contributed by atoms with Gasteiger partial charge >= 0.3 is 0 Å². The first-order chi connectivity index (χ1) is 18.5. The number of hydrogen-bond acceptors (Lipinski definition) is 7. The van der Waals surface area contributed by atoms with Gasteiger partial charge in [0.15, 0.2) is 5.75 Å². The zero-order valence-electron chi connectivity index (χ0n) is 21.8. The third kappa shape index (κ3) is 6.87. The Morgan fingerprint density at radius 1 is 1.21 bits per heavy atom. The van der Waals surface area contributed by atoms with E-state index in [1.807, 2.05) is 26.1 Å². The molecule has 3 aromatic rings. The Balaban J connectivity index is 1.69. The van der Waals surface area contributed by atoms with E-state index in [1.54, 1.807) is 47.5 Å². The predicted molar refractivity (Wildman–Crippen MR) is 156 cm³/mol. The summed E-state index contributed by atoms with van der Waals surface area (Å²) >= 11 is 13.4. The van der Waals surface area contributed by atoms with Crippen molar-refractivity contribution in [1.82, 2.24) is 9.80 Å². The lowest BCUT2D eigenvalue weighted by Crippen LogP contribution is -2.49. The van der Waals surface area contributed by atoms with Crippen LogP contribution in [0, 0.1) is 5.92 Å². The van der Waals surface area contributed by atoms with Crippen LogP contribution in [0.15, 0.2) is 58.1 Å². The molecule has 39 heavy (non-hydrogen) atoms. The number of ether oxygens (including phenoxy) is 1. The summed E-state index contributed by atoms with van der Waals surface area (Å²) in [6.45, 7) is 4.95. The highest BCUT2D eigenvalue weighted by molar-refractivity contribution is 7.94. The summed E-state index contributed by atoms with van der Waals surface area (Å²) in [5.74, 6) is -0.315. The van der Waals surface area contributed by atoms with Crippen molar-refractivity contribution in [1.29, 1.82) is 0 Å². The molecule has 1 aromatic heterocycles. The van der Waals surface area contributed by atoms with Gasteiger partial charge in [-0.05, 0) is 55.2 Å². The van der Waals surface area contributed by atoms with Crippen molar-refractivity contribution in [2.45, 2.75) is 36.7 Å². The molecule has 2 N–H and O–H groups in total. The van der Waals surface area contributed by atoms with E-state index in [0.29, 0.717) is 29.7 Å². The van der Waals surface area contributed by atoms with Gasteiger partial charge in [-0.1, -0.05) is 48.3 Å².